The van der Waals surface area contributed by atoms with Crippen molar-refractivity contribution in [2.75, 3.05) is 37.7 Å². The van der Waals surface area contributed by atoms with E-state index in [0.717, 1.165) is 24.3 Å². The van der Waals surface area contributed by atoms with Gasteiger partial charge in [-0.05, 0) is 29.8 Å². The SMILES string of the molecule is O=C(COCc1ccccc1)N1CCN(c2ccc(F)cc2)CC1. The average molecular weight is 328 g/mol. The van der Waals surface area contributed by atoms with Gasteiger partial charge in [-0.25, -0.2) is 4.39 Å². The molecule has 24 heavy (non-hydrogen) atoms. The Morgan fingerprint density at radius 3 is 2.29 bits per heavy atom. The van der Waals surface area contributed by atoms with Crippen molar-refractivity contribution < 1.29 is 13.9 Å². The smallest absolute Gasteiger partial charge is 0.248 e. The molecular weight excluding hydrogens is 307 g/mol. The number of ether oxygens (including phenoxy) is 1. The fourth-order valence-corrected chi connectivity index (χ4v) is 2.79. The molecule has 1 amide bonds. The van der Waals surface area contributed by atoms with Crippen LogP contribution in [0.15, 0.2) is 54.6 Å². The van der Waals surface area contributed by atoms with Crippen LogP contribution >= 0.6 is 0 Å². The Kier molecular flexibility index (Phi) is 5.43. The summed E-state index contributed by atoms with van der Waals surface area (Å²) in [5, 5.41) is 0. The molecule has 0 atom stereocenters. The van der Waals surface area contributed by atoms with Crippen LogP contribution in [-0.2, 0) is 16.1 Å². The van der Waals surface area contributed by atoms with Gasteiger partial charge in [-0.15, -0.1) is 0 Å². The third-order valence-corrected chi connectivity index (χ3v) is 4.16. The number of anilines is 1. The van der Waals surface area contributed by atoms with Crippen molar-refractivity contribution in [2.24, 2.45) is 0 Å². The number of halogens is 1. The summed E-state index contributed by atoms with van der Waals surface area (Å²) in [4.78, 5) is 16.2. The van der Waals surface area contributed by atoms with Gasteiger partial charge in [0.05, 0.1) is 6.61 Å². The summed E-state index contributed by atoms with van der Waals surface area (Å²) in [7, 11) is 0. The lowest BCUT2D eigenvalue weighted by molar-refractivity contribution is -0.136. The van der Waals surface area contributed by atoms with Crippen molar-refractivity contribution in [1.82, 2.24) is 4.90 Å². The maximum atomic E-state index is 13.0. The molecule has 4 nitrogen and oxygen atoms in total. The fraction of sp³-hybridized carbons (Fsp3) is 0.316. The van der Waals surface area contributed by atoms with Crippen molar-refractivity contribution in [2.45, 2.75) is 6.61 Å². The molecule has 0 bridgehead atoms. The molecule has 1 heterocycles. The van der Waals surface area contributed by atoms with E-state index in [4.69, 9.17) is 4.74 Å². The normalized spacial score (nSPS) is 14.7. The molecular formula is C19H21FN2O2. The molecule has 0 N–H and O–H groups in total. The van der Waals surface area contributed by atoms with Crippen molar-refractivity contribution in [3.8, 4) is 0 Å². The van der Waals surface area contributed by atoms with E-state index in [-0.39, 0.29) is 18.3 Å². The standard InChI is InChI=1S/C19H21FN2O2/c20-17-6-8-18(9-7-17)21-10-12-22(13-11-21)19(23)15-24-14-16-4-2-1-3-5-16/h1-9H,10-15H2. The van der Waals surface area contributed by atoms with E-state index < -0.39 is 0 Å². The molecule has 3 rings (SSSR count). The number of amides is 1. The van der Waals surface area contributed by atoms with Gasteiger partial charge in [0.2, 0.25) is 5.91 Å². The molecule has 0 spiro atoms. The highest BCUT2D eigenvalue weighted by molar-refractivity contribution is 5.77. The van der Waals surface area contributed by atoms with Crippen molar-refractivity contribution in [1.29, 1.82) is 0 Å². The van der Waals surface area contributed by atoms with Gasteiger partial charge in [-0.1, -0.05) is 30.3 Å². The molecule has 2 aromatic rings. The van der Waals surface area contributed by atoms with Crippen LogP contribution in [0.4, 0.5) is 10.1 Å². The van der Waals surface area contributed by atoms with Crippen LogP contribution in [0.1, 0.15) is 5.56 Å². The van der Waals surface area contributed by atoms with E-state index in [1.54, 1.807) is 12.1 Å². The van der Waals surface area contributed by atoms with Gasteiger partial charge in [-0.3, -0.25) is 4.79 Å². The van der Waals surface area contributed by atoms with Crippen LogP contribution < -0.4 is 4.90 Å². The first-order valence-electron chi connectivity index (χ1n) is 8.12. The molecule has 5 heteroatoms. The third kappa shape index (κ3) is 4.32. The van der Waals surface area contributed by atoms with Gasteiger partial charge in [0.25, 0.3) is 0 Å². The number of hydrogen-bond donors (Lipinski definition) is 0. The molecule has 1 fully saturated rings. The summed E-state index contributed by atoms with van der Waals surface area (Å²) in [6.07, 6.45) is 0. The maximum absolute atomic E-state index is 13.0. The lowest BCUT2D eigenvalue weighted by Gasteiger charge is -2.36. The molecule has 1 saturated heterocycles. The Morgan fingerprint density at radius 1 is 0.958 bits per heavy atom. The lowest BCUT2D eigenvalue weighted by Crippen LogP contribution is -2.49. The summed E-state index contributed by atoms with van der Waals surface area (Å²) in [5.41, 5.74) is 2.05. The molecule has 0 radical (unpaired) electrons. The number of hydrogen-bond acceptors (Lipinski definition) is 3. The van der Waals surface area contributed by atoms with E-state index in [9.17, 15) is 9.18 Å². The molecule has 1 aliphatic heterocycles. The van der Waals surface area contributed by atoms with E-state index >= 15 is 0 Å². The Bertz CT molecular complexity index is 653. The van der Waals surface area contributed by atoms with E-state index in [1.165, 1.54) is 12.1 Å². The monoisotopic (exact) mass is 328 g/mol. The highest BCUT2D eigenvalue weighted by Crippen LogP contribution is 2.17. The van der Waals surface area contributed by atoms with Crippen LogP contribution in [0.5, 0.6) is 0 Å². The number of piperazine rings is 1. The molecule has 0 unspecified atom stereocenters. The lowest BCUT2D eigenvalue weighted by atomic mass is 10.2. The average Bonchev–Trinajstić information content (AvgIpc) is 2.63. The van der Waals surface area contributed by atoms with Crippen LogP contribution in [-0.4, -0.2) is 43.6 Å². The summed E-state index contributed by atoms with van der Waals surface area (Å²) < 4.78 is 18.5. The van der Waals surface area contributed by atoms with Crippen LogP contribution in [0.25, 0.3) is 0 Å². The van der Waals surface area contributed by atoms with E-state index in [0.29, 0.717) is 19.7 Å². The predicted molar refractivity (Wildman–Crippen MR) is 91.3 cm³/mol. The van der Waals surface area contributed by atoms with Crippen molar-refractivity contribution in [3.63, 3.8) is 0 Å². The van der Waals surface area contributed by atoms with Gasteiger partial charge in [-0.2, -0.15) is 0 Å². The van der Waals surface area contributed by atoms with E-state index in [2.05, 4.69) is 4.90 Å². The van der Waals surface area contributed by atoms with Crippen LogP contribution in [0.3, 0.4) is 0 Å². The minimum absolute atomic E-state index is 0.0182. The first-order valence-corrected chi connectivity index (χ1v) is 8.12. The first-order chi connectivity index (χ1) is 11.7. The van der Waals surface area contributed by atoms with Gasteiger partial charge < -0.3 is 14.5 Å². The summed E-state index contributed by atoms with van der Waals surface area (Å²) in [5.74, 6) is -0.215. The summed E-state index contributed by atoms with van der Waals surface area (Å²) in [6.45, 7) is 3.36. The molecule has 1 aliphatic rings. The third-order valence-electron chi connectivity index (χ3n) is 4.16. The highest BCUT2D eigenvalue weighted by atomic mass is 19.1. The first kappa shape index (κ1) is 16.5. The zero-order chi connectivity index (χ0) is 16.8. The number of rotatable bonds is 5. The summed E-state index contributed by atoms with van der Waals surface area (Å²) in [6, 6.07) is 16.3. The number of carbonyl (C=O) groups excluding carboxylic acids is 1. The van der Waals surface area contributed by atoms with Crippen molar-refractivity contribution in [3.05, 3.63) is 66.0 Å². The Morgan fingerprint density at radius 2 is 1.62 bits per heavy atom. The zero-order valence-corrected chi connectivity index (χ0v) is 13.5. The van der Waals surface area contributed by atoms with Crippen LogP contribution in [0, 0.1) is 5.82 Å². The largest absolute Gasteiger partial charge is 0.368 e. The Labute approximate surface area is 141 Å². The second kappa shape index (κ2) is 7.93. The summed E-state index contributed by atoms with van der Waals surface area (Å²) >= 11 is 0. The number of carbonyl (C=O) groups is 1. The van der Waals surface area contributed by atoms with E-state index in [1.807, 2.05) is 35.2 Å². The fourth-order valence-electron chi connectivity index (χ4n) is 2.79. The molecule has 0 saturated carbocycles. The molecule has 0 aliphatic carbocycles. The number of benzene rings is 2. The Hall–Kier alpha value is -2.40. The predicted octanol–water partition coefficient (Wildman–Crippen LogP) is 2.69. The number of nitrogens with zero attached hydrogens (tertiary/aromatic N) is 2. The maximum Gasteiger partial charge on any atom is 0.248 e. The van der Waals surface area contributed by atoms with Gasteiger partial charge in [0.15, 0.2) is 0 Å². The Balaban J connectivity index is 1.42. The quantitative estimate of drug-likeness (QED) is 0.846. The molecule has 0 aromatic heterocycles. The minimum atomic E-state index is -0.233. The molecule has 126 valence electrons. The topological polar surface area (TPSA) is 32.8 Å². The van der Waals surface area contributed by atoms with Crippen LogP contribution in [0.2, 0.25) is 0 Å². The highest BCUT2D eigenvalue weighted by Gasteiger charge is 2.21. The molecule has 2 aromatic carbocycles. The van der Waals surface area contributed by atoms with Gasteiger partial charge in [0, 0.05) is 31.9 Å². The second-order valence-electron chi connectivity index (χ2n) is 5.82. The van der Waals surface area contributed by atoms with Gasteiger partial charge in [0.1, 0.15) is 12.4 Å². The minimum Gasteiger partial charge on any atom is -0.368 e. The van der Waals surface area contributed by atoms with Crippen molar-refractivity contribution >= 4 is 11.6 Å². The second-order valence-corrected chi connectivity index (χ2v) is 5.82. The zero-order valence-electron chi connectivity index (χ0n) is 13.5. The van der Waals surface area contributed by atoms with Gasteiger partial charge >= 0.3 is 0 Å².